The van der Waals surface area contributed by atoms with Gasteiger partial charge in [0.2, 0.25) is 0 Å². The molecule has 27 heavy (non-hydrogen) atoms. The van der Waals surface area contributed by atoms with Crippen molar-refractivity contribution in [3.8, 4) is 0 Å². The van der Waals surface area contributed by atoms with E-state index in [4.69, 9.17) is 9.47 Å². The molecule has 3 fully saturated rings. The number of rotatable bonds is 3. The van der Waals surface area contributed by atoms with Gasteiger partial charge in [-0.15, -0.1) is 0 Å². The maximum absolute atomic E-state index is 12.5. The van der Waals surface area contributed by atoms with E-state index in [1.165, 1.54) is 0 Å². The lowest BCUT2D eigenvalue weighted by Gasteiger charge is -2.60. The Morgan fingerprint density at radius 3 is 2.59 bits per heavy atom. The van der Waals surface area contributed by atoms with Gasteiger partial charge >= 0.3 is 11.9 Å². The van der Waals surface area contributed by atoms with E-state index in [0.717, 1.165) is 32.1 Å². The summed E-state index contributed by atoms with van der Waals surface area (Å²) in [5.74, 6) is 0.409. The van der Waals surface area contributed by atoms with Gasteiger partial charge in [-0.3, -0.25) is 4.79 Å². The van der Waals surface area contributed by atoms with Crippen molar-refractivity contribution in [3.05, 3.63) is 35.9 Å². The van der Waals surface area contributed by atoms with Gasteiger partial charge in [-0.05, 0) is 56.1 Å². The van der Waals surface area contributed by atoms with Crippen LogP contribution in [0.4, 0.5) is 0 Å². The second-order valence-corrected chi connectivity index (χ2v) is 9.59. The van der Waals surface area contributed by atoms with Crippen LogP contribution >= 0.6 is 0 Å². The van der Waals surface area contributed by atoms with E-state index >= 15 is 0 Å². The minimum absolute atomic E-state index is 0.0489. The van der Waals surface area contributed by atoms with E-state index in [1.807, 2.05) is 18.2 Å². The van der Waals surface area contributed by atoms with E-state index in [1.54, 1.807) is 12.1 Å². The fourth-order valence-electron chi connectivity index (χ4n) is 6.52. The first-order valence-corrected chi connectivity index (χ1v) is 10.2. The van der Waals surface area contributed by atoms with Gasteiger partial charge < -0.3 is 9.47 Å². The van der Waals surface area contributed by atoms with E-state index in [2.05, 4.69) is 20.8 Å². The highest BCUT2D eigenvalue weighted by Crippen LogP contribution is 2.65. The van der Waals surface area contributed by atoms with Gasteiger partial charge in [-0.1, -0.05) is 38.5 Å². The number of carbonyl (C=O) groups excluding carboxylic acids is 2. The lowest BCUT2D eigenvalue weighted by atomic mass is 9.45. The number of benzene rings is 1. The minimum Gasteiger partial charge on any atom is -0.462 e. The Labute approximate surface area is 161 Å². The Kier molecular flexibility index (Phi) is 4.36. The van der Waals surface area contributed by atoms with E-state index in [9.17, 15) is 9.59 Å². The maximum Gasteiger partial charge on any atom is 0.338 e. The lowest BCUT2D eigenvalue weighted by molar-refractivity contribution is -0.170. The molecule has 4 heteroatoms. The largest absolute Gasteiger partial charge is 0.462 e. The first-order chi connectivity index (χ1) is 12.8. The van der Waals surface area contributed by atoms with E-state index in [-0.39, 0.29) is 34.3 Å². The molecule has 0 unspecified atom stereocenters. The van der Waals surface area contributed by atoms with Crippen molar-refractivity contribution in [2.24, 2.45) is 22.7 Å². The van der Waals surface area contributed by atoms with Crippen LogP contribution in [0, 0.1) is 22.7 Å². The second-order valence-electron chi connectivity index (χ2n) is 9.59. The monoisotopic (exact) mass is 370 g/mol. The summed E-state index contributed by atoms with van der Waals surface area (Å²) >= 11 is 0. The topological polar surface area (TPSA) is 52.6 Å². The maximum atomic E-state index is 12.5. The lowest BCUT2D eigenvalue weighted by Crippen LogP contribution is -2.57. The molecule has 0 aromatic heterocycles. The summed E-state index contributed by atoms with van der Waals surface area (Å²) in [6.07, 6.45) is 5.75. The molecule has 0 spiro atoms. The Morgan fingerprint density at radius 2 is 1.85 bits per heavy atom. The van der Waals surface area contributed by atoms with Crippen molar-refractivity contribution in [2.75, 3.05) is 6.61 Å². The van der Waals surface area contributed by atoms with Crippen LogP contribution in [-0.2, 0) is 14.3 Å². The summed E-state index contributed by atoms with van der Waals surface area (Å²) in [6.45, 7) is 7.18. The second kappa shape index (κ2) is 6.35. The average Bonchev–Trinajstić information content (AvgIpc) is 2.96. The smallest absolute Gasteiger partial charge is 0.338 e. The fraction of sp³-hybridized carbons (Fsp3) is 0.652. The van der Waals surface area contributed by atoms with Gasteiger partial charge in [0, 0.05) is 11.3 Å². The molecule has 0 bridgehead atoms. The van der Waals surface area contributed by atoms with Gasteiger partial charge in [0.1, 0.15) is 5.60 Å². The SMILES string of the molecule is C[C@@]1(COC(=O)c2ccccc2)CCC[C@]2(C)[C@H]3CC(=O)O[C@]3(C)CC[C@@H]12. The molecule has 1 aromatic carbocycles. The normalized spacial score (nSPS) is 40.6. The standard InChI is InChI=1S/C23H30O4/c1-21(15-26-20(25)16-8-5-4-6-9-16)11-7-12-22(2)17(21)10-13-23(3)18(22)14-19(24)27-23/h4-6,8-9,17-18H,7,10-15H2,1-3H3/t17-,18+,21-,22-,23+/m0/s1. The zero-order chi connectivity index (χ0) is 19.3. The highest BCUT2D eigenvalue weighted by Gasteiger charge is 2.63. The molecule has 1 saturated heterocycles. The zero-order valence-corrected chi connectivity index (χ0v) is 16.6. The molecule has 3 aliphatic rings. The third-order valence-corrected chi connectivity index (χ3v) is 7.82. The Balaban J connectivity index is 1.54. The van der Waals surface area contributed by atoms with E-state index < -0.39 is 0 Å². The average molecular weight is 370 g/mol. The van der Waals surface area contributed by atoms with Gasteiger partial charge in [-0.2, -0.15) is 0 Å². The van der Waals surface area contributed by atoms with Crippen LogP contribution in [0.25, 0.3) is 0 Å². The fourth-order valence-corrected chi connectivity index (χ4v) is 6.52. The predicted octanol–water partition coefficient (Wildman–Crippen LogP) is 4.77. The third-order valence-electron chi connectivity index (χ3n) is 7.82. The van der Waals surface area contributed by atoms with Crippen LogP contribution in [0.15, 0.2) is 30.3 Å². The Morgan fingerprint density at radius 1 is 1.11 bits per heavy atom. The van der Waals surface area contributed by atoms with Crippen molar-refractivity contribution in [1.82, 2.24) is 0 Å². The summed E-state index contributed by atoms with van der Waals surface area (Å²) in [6, 6.07) is 9.20. The summed E-state index contributed by atoms with van der Waals surface area (Å²) in [4.78, 5) is 24.5. The molecule has 1 heterocycles. The summed E-state index contributed by atoms with van der Waals surface area (Å²) in [5.41, 5.74) is 0.294. The molecular weight excluding hydrogens is 340 g/mol. The van der Waals surface area contributed by atoms with Crippen LogP contribution in [-0.4, -0.2) is 24.1 Å². The summed E-state index contributed by atoms with van der Waals surface area (Å²) in [7, 11) is 0. The molecule has 4 rings (SSSR count). The quantitative estimate of drug-likeness (QED) is 0.719. The van der Waals surface area contributed by atoms with E-state index in [0.29, 0.717) is 24.5 Å². The van der Waals surface area contributed by atoms with Crippen LogP contribution in [0.1, 0.15) is 69.7 Å². The molecule has 5 atom stereocenters. The first kappa shape index (κ1) is 18.5. The molecule has 0 amide bonds. The van der Waals surface area contributed by atoms with Crippen LogP contribution in [0.5, 0.6) is 0 Å². The molecule has 0 N–H and O–H groups in total. The molecule has 2 saturated carbocycles. The molecule has 146 valence electrons. The van der Waals surface area contributed by atoms with Crippen molar-refractivity contribution >= 4 is 11.9 Å². The molecule has 4 nitrogen and oxygen atoms in total. The number of hydrogen-bond acceptors (Lipinski definition) is 4. The Bertz CT molecular complexity index is 744. The Hall–Kier alpha value is -1.84. The molecule has 2 aliphatic carbocycles. The number of hydrogen-bond donors (Lipinski definition) is 0. The van der Waals surface area contributed by atoms with Crippen molar-refractivity contribution in [2.45, 2.75) is 64.9 Å². The zero-order valence-electron chi connectivity index (χ0n) is 16.6. The molecule has 1 aromatic rings. The molecule has 1 aliphatic heterocycles. The van der Waals surface area contributed by atoms with Gasteiger partial charge in [-0.25, -0.2) is 4.79 Å². The highest BCUT2D eigenvalue weighted by molar-refractivity contribution is 5.89. The van der Waals surface area contributed by atoms with Crippen molar-refractivity contribution < 1.29 is 19.1 Å². The van der Waals surface area contributed by atoms with Gasteiger partial charge in [0.25, 0.3) is 0 Å². The minimum atomic E-state index is -0.318. The van der Waals surface area contributed by atoms with Gasteiger partial charge in [0.05, 0.1) is 18.6 Å². The number of fused-ring (bicyclic) bond motifs is 3. The molecular formula is C23H30O4. The number of esters is 2. The van der Waals surface area contributed by atoms with Crippen molar-refractivity contribution in [3.63, 3.8) is 0 Å². The predicted molar refractivity (Wildman–Crippen MR) is 102 cm³/mol. The van der Waals surface area contributed by atoms with Crippen LogP contribution in [0.2, 0.25) is 0 Å². The highest BCUT2D eigenvalue weighted by atomic mass is 16.6. The third kappa shape index (κ3) is 2.97. The van der Waals surface area contributed by atoms with Gasteiger partial charge in [0.15, 0.2) is 0 Å². The van der Waals surface area contributed by atoms with Crippen molar-refractivity contribution in [1.29, 1.82) is 0 Å². The first-order valence-electron chi connectivity index (χ1n) is 10.2. The summed E-state index contributed by atoms with van der Waals surface area (Å²) in [5, 5.41) is 0. The molecule has 0 radical (unpaired) electrons. The summed E-state index contributed by atoms with van der Waals surface area (Å²) < 4.78 is 11.6. The van der Waals surface area contributed by atoms with Crippen LogP contribution < -0.4 is 0 Å². The van der Waals surface area contributed by atoms with Crippen LogP contribution in [0.3, 0.4) is 0 Å². The number of ether oxygens (including phenoxy) is 2. The number of carbonyl (C=O) groups is 2.